The van der Waals surface area contributed by atoms with Gasteiger partial charge in [-0.3, -0.25) is 30.4 Å². The Hall–Kier alpha value is -2.11. The van der Waals surface area contributed by atoms with E-state index in [0.29, 0.717) is 0 Å². The second-order valence-electron chi connectivity index (χ2n) is 6.87. The van der Waals surface area contributed by atoms with Gasteiger partial charge in [-0.25, -0.2) is 14.5 Å². The first kappa shape index (κ1) is 28.9. The van der Waals surface area contributed by atoms with Gasteiger partial charge in [-0.1, -0.05) is 13.8 Å². The van der Waals surface area contributed by atoms with Gasteiger partial charge in [0.15, 0.2) is 0 Å². The molecule has 0 fully saturated rings. The fraction of sp³-hybridized carbons (Fsp3) is 0.812. The van der Waals surface area contributed by atoms with Gasteiger partial charge in [0, 0.05) is 19.9 Å². The number of hydrogen-bond donors (Lipinski definition) is 6. The number of hydrogen-bond acceptors (Lipinski definition) is 13. The predicted molar refractivity (Wildman–Crippen MR) is 96.1 cm³/mol. The molecule has 0 aromatic rings. The van der Waals surface area contributed by atoms with Crippen LogP contribution < -0.4 is 5.32 Å². The number of amides is 1. The lowest BCUT2D eigenvalue weighted by molar-refractivity contribution is -0.527. The first-order valence-electron chi connectivity index (χ1n) is 9.41. The summed E-state index contributed by atoms with van der Waals surface area (Å²) in [6, 6.07) is 0. The van der Waals surface area contributed by atoms with Crippen LogP contribution >= 0.6 is 0 Å². The molecule has 0 saturated carbocycles. The van der Waals surface area contributed by atoms with Crippen LogP contribution in [0.5, 0.6) is 0 Å². The van der Waals surface area contributed by atoms with E-state index >= 15 is 0 Å². The van der Waals surface area contributed by atoms with Crippen molar-refractivity contribution >= 4 is 18.0 Å². The van der Waals surface area contributed by atoms with Crippen LogP contribution in [-0.2, 0) is 28.7 Å². The first-order valence-corrected chi connectivity index (χ1v) is 9.41. The minimum atomic E-state index is -1.21. The number of carbonyl (C=O) groups is 3. The molecule has 0 aliphatic heterocycles. The van der Waals surface area contributed by atoms with Gasteiger partial charge in [-0.2, -0.15) is 0 Å². The minimum absolute atomic E-state index is 0.0198. The van der Waals surface area contributed by atoms with Crippen LogP contribution in [0.25, 0.3) is 0 Å². The molecule has 0 heterocycles. The van der Waals surface area contributed by atoms with Crippen molar-refractivity contribution in [1.82, 2.24) is 16.1 Å². The van der Waals surface area contributed by atoms with Crippen LogP contribution in [0.1, 0.15) is 46.5 Å². The Bertz CT molecular complexity index is 546. The molecule has 0 aromatic heterocycles. The van der Waals surface area contributed by atoms with Gasteiger partial charge >= 0.3 is 18.0 Å². The zero-order valence-corrected chi connectivity index (χ0v) is 17.5. The molecule has 0 rings (SSSR count). The summed E-state index contributed by atoms with van der Waals surface area (Å²) >= 11 is 0. The Morgan fingerprint density at radius 1 is 1.00 bits per heavy atom. The normalized spacial score (nSPS) is 14.4. The molecule has 0 spiro atoms. The molecule has 0 aliphatic rings. The number of esters is 1. The number of aliphatic carboxylic acids is 1. The van der Waals surface area contributed by atoms with Gasteiger partial charge in [-0.15, -0.1) is 0 Å². The summed E-state index contributed by atoms with van der Waals surface area (Å²) in [5.74, 6) is -1.97. The molecule has 182 valence electrons. The maximum atomic E-state index is 11.8. The number of alkyl carbamates (subject to hydrolysis) is 1. The molecule has 1 amide bonds. The summed E-state index contributed by atoms with van der Waals surface area (Å²) in [5, 5.41) is 44.4. The van der Waals surface area contributed by atoms with Crippen molar-refractivity contribution in [3.05, 3.63) is 0 Å². The lowest BCUT2D eigenvalue weighted by Crippen LogP contribution is -2.35. The van der Waals surface area contributed by atoms with E-state index < -0.39 is 47.8 Å². The van der Waals surface area contributed by atoms with Crippen LogP contribution in [0.15, 0.2) is 0 Å². The molecule has 0 saturated heterocycles. The van der Waals surface area contributed by atoms with Crippen LogP contribution in [-0.4, -0.2) is 80.3 Å². The molecule has 15 heteroatoms. The van der Waals surface area contributed by atoms with Gasteiger partial charge < -0.3 is 19.9 Å². The van der Waals surface area contributed by atoms with E-state index in [1.165, 1.54) is 6.92 Å². The quantitative estimate of drug-likeness (QED) is 0.108. The Morgan fingerprint density at radius 3 is 2.16 bits per heavy atom. The highest BCUT2D eigenvalue weighted by Gasteiger charge is 2.20. The first-order chi connectivity index (χ1) is 14.4. The minimum Gasteiger partial charge on any atom is -0.481 e. The summed E-state index contributed by atoms with van der Waals surface area (Å²) in [4.78, 5) is 43.2. The third-order valence-electron chi connectivity index (χ3n) is 3.98. The average Bonchev–Trinajstić information content (AvgIpc) is 2.61. The summed E-state index contributed by atoms with van der Waals surface area (Å²) in [7, 11) is 0. The Morgan fingerprint density at radius 2 is 1.65 bits per heavy atom. The molecular weight excluding hydrogens is 426 g/mol. The smallest absolute Gasteiger partial charge is 0.410 e. The van der Waals surface area contributed by atoms with E-state index in [1.54, 1.807) is 0 Å². The fourth-order valence-corrected chi connectivity index (χ4v) is 2.37. The van der Waals surface area contributed by atoms with Crippen LogP contribution in [0.4, 0.5) is 4.79 Å². The zero-order chi connectivity index (χ0) is 24.0. The second kappa shape index (κ2) is 15.7. The lowest BCUT2D eigenvalue weighted by Gasteiger charge is -2.20. The van der Waals surface area contributed by atoms with Crippen molar-refractivity contribution in [1.29, 1.82) is 0 Å². The topological polar surface area (TPSA) is 208 Å². The van der Waals surface area contributed by atoms with Crippen molar-refractivity contribution in [2.45, 2.75) is 58.8 Å². The summed E-state index contributed by atoms with van der Waals surface area (Å²) in [5.41, 5.74) is 0. The summed E-state index contributed by atoms with van der Waals surface area (Å²) in [6.45, 7) is 4.59. The van der Waals surface area contributed by atoms with E-state index in [9.17, 15) is 14.4 Å². The van der Waals surface area contributed by atoms with Crippen molar-refractivity contribution in [3.8, 4) is 0 Å². The number of ether oxygens (including phenoxy) is 2. The molecule has 31 heavy (non-hydrogen) atoms. The SMILES string of the molecule is CC(OC(=O)CCC[C@H](CON(O)O)ON(O)O)OC(=O)NCC(CC(=O)O)C(C)C. The Kier molecular flexibility index (Phi) is 14.6. The molecule has 6 N–H and O–H groups in total. The predicted octanol–water partition coefficient (Wildman–Crippen LogP) is 0.912. The van der Waals surface area contributed by atoms with Crippen LogP contribution in [0.3, 0.4) is 0 Å². The van der Waals surface area contributed by atoms with Crippen LogP contribution in [0.2, 0.25) is 0 Å². The summed E-state index contributed by atoms with van der Waals surface area (Å²) < 4.78 is 9.80. The molecule has 0 aromatic carbocycles. The van der Waals surface area contributed by atoms with E-state index in [-0.39, 0.29) is 44.1 Å². The molecule has 0 radical (unpaired) electrons. The number of rotatable bonds is 16. The maximum Gasteiger partial charge on any atom is 0.410 e. The average molecular weight is 457 g/mol. The highest BCUT2D eigenvalue weighted by Crippen LogP contribution is 2.14. The number of carboxylic acids is 1. The Balaban J connectivity index is 4.26. The largest absolute Gasteiger partial charge is 0.481 e. The highest BCUT2D eigenvalue weighted by molar-refractivity contribution is 5.70. The fourth-order valence-electron chi connectivity index (χ4n) is 2.37. The summed E-state index contributed by atoms with van der Waals surface area (Å²) in [6.07, 6.45) is -3.21. The van der Waals surface area contributed by atoms with Crippen molar-refractivity contribution in [2.24, 2.45) is 11.8 Å². The number of nitrogens with one attached hydrogen (secondary N) is 1. The molecule has 15 nitrogen and oxygen atoms in total. The second-order valence-corrected chi connectivity index (χ2v) is 6.87. The lowest BCUT2D eigenvalue weighted by atomic mass is 9.92. The number of nitrogens with zero attached hydrogens (tertiary/aromatic N) is 2. The van der Waals surface area contributed by atoms with Crippen LogP contribution in [0, 0.1) is 11.8 Å². The molecule has 2 unspecified atom stereocenters. The van der Waals surface area contributed by atoms with E-state index in [4.69, 9.17) is 35.4 Å². The molecular formula is C16H31N3O12. The zero-order valence-electron chi connectivity index (χ0n) is 17.5. The van der Waals surface area contributed by atoms with Gasteiger partial charge in [0.1, 0.15) is 12.7 Å². The van der Waals surface area contributed by atoms with Gasteiger partial charge in [-0.05, 0) is 24.7 Å². The highest BCUT2D eigenvalue weighted by atomic mass is 17.1. The monoisotopic (exact) mass is 457 g/mol. The third-order valence-corrected chi connectivity index (χ3v) is 3.98. The Labute approximate surface area is 178 Å². The van der Waals surface area contributed by atoms with E-state index in [1.807, 2.05) is 13.8 Å². The van der Waals surface area contributed by atoms with Crippen molar-refractivity contribution in [2.75, 3.05) is 13.2 Å². The van der Waals surface area contributed by atoms with Gasteiger partial charge in [0.2, 0.25) is 6.29 Å². The standard InChI is InChI=1S/C16H31N3O12/c1-10(2)12(7-14(20)21)8-17-16(23)30-11(3)29-15(22)6-4-5-13(31-19(26)27)9-28-18(24)25/h10-13,24-27H,4-9H2,1-3H3,(H,17,23)(H,20,21)/t11?,12?,13-/m1/s1. The molecule has 0 bridgehead atoms. The van der Waals surface area contributed by atoms with Crippen molar-refractivity contribution < 1.29 is 59.5 Å². The molecule has 3 atom stereocenters. The van der Waals surface area contributed by atoms with Crippen molar-refractivity contribution in [3.63, 3.8) is 0 Å². The molecule has 0 aliphatic carbocycles. The van der Waals surface area contributed by atoms with Gasteiger partial charge in [0.05, 0.1) is 17.2 Å². The maximum absolute atomic E-state index is 11.8. The third kappa shape index (κ3) is 16.3. The number of carbonyl (C=O) groups excluding carboxylic acids is 2. The number of carboxylic acid groups (broad SMARTS) is 1. The van der Waals surface area contributed by atoms with Gasteiger partial charge in [0.25, 0.3) is 0 Å². The van der Waals surface area contributed by atoms with E-state index in [0.717, 1.165) is 0 Å². The van der Waals surface area contributed by atoms with E-state index in [2.05, 4.69) is 15.0 Å².